The van der Waals surface area contributed by atoms with Gasteiger partial charge in [0.1, 0.15) is 0 Å². The van der Waals surface area contributed by atoms with Crippen molar-refractivity contribution in [3.8, 4) is 0 Å². The van der Waals surface area contributed by atoms with Gasteiger partial charge in [-0.3, -0.25) is 0 Å². The Morgan fingerprint density at radius 3 is 2.05 bits per heavy atom. The van der Waals surface area contributed by atoms with E-state index in [-0.39, 0.29) is 0 Å². The van der Waals surface area contributed by atoms with Gasteiger partial charge in [0.05, 0.1) is 12.7 Å². The first-order valence-electron chi connectivity index (χ1n) is 8.05. The van der Waals surface area contributed by atoms with Crippen LogP contribution in [0.15, 0.2) is 12.7 Å². The molecular weight excluding hydrogens is 236 g/mol. The van der Waals surface area contributed by atoms with Crippen LogP contribution in [0.5, 0.6) is 0 Å². The van der Waals surface area contributed by atoms with E-state index in [0.717, 1.165) is 31.0 Å². The second-order valence-corrected chi connectivity index (χ2v) is 6.39. The predicted octanol–water partition coefficient (Wildman–Crippen LogP) is 4.20. The van der Waals surface area contributed by atoms with Gasteiger partial charge >= 0.3 is 0 Å². The van der Waals surface area contributed by atoms with Crippen LogP contribution in [0.1, 0.15) is 51.4 Å². The molecule has 2 saturated carbocycles. The molecule has 0 bridgehead atoms. The molecule has 2 nitrogen and oxygen atoms in total. The van der Waals surface area contributed by atoms with Gasteiger partial charge in [-0.2, -0.15) is 0 Å². The van der Waals surface area contributed by atoms with E-state index < -0.39 is 0 Å². The summed E-state index contributed by atoms with van der Waals surface area (Å²) in [4.78, 5) is 0. The van der Waals surface area contributed by atoms with Gasteiger partial charge in [-0.15, -0.1) is 6.58 Å². The zero-order valence-corrected chi connectivity index (χ0v) is 12.5. The molecule has 0 amide bonds. The van der Waals surface area contributed by atoms with Gasteiger partial charge in [0.25, 0.3) is 0 Å². The Kier molecular flexibility index (Phi) is 6.39. The molecule has 0 aromatic heterocycles. The first-order chi connectivity index (χ1) is 9.33. The molecule has 0 heterocycles. The summed E-state index contributed by atoms with van der Waals surface area (Å²) in [6, 6.07) is 0. The molecule has 0 aromatic rings. The van der Waals surface area contributed by atoms with Gasteiger partial charge in [0.2, 0.25) is 0 Å². The van der Waals surface area contributed by atoms with Gasteiger partial charge < -0.3 is 9.47 Å². The Morgan fingerprint density at radius 2 is 1.53 bits per heavy atom. The molecule has 0 saturated heterocycles. The largest absolute Gasteiger partial charge is 0.384 e. The van der Waals surface area contributed by atoms with Crippen LogP contribution < -0.4 is 0 Å². The number of hydrogen-bond acceptors (Lipinski definition) is 2. The van der Waals surface area contributed by atoms with Crippen molar-refractivity contribution in [2.75, 3.05) is 20.3 Å². The highest BCUT2D eigenvalue weighted by Gasteiger charge is 2.30. The van der Waals surface area contributed by atoms with Crippen LogP contribution in [0.3, 0.4) is 0 Å². The lowest BCUT2D eigenvalue weighted by atomic mass is 9.71. The molecule has 0 unspecified atom stereocenters. The van der Waals surface area contributed by atoms with Crippen LogP contribution in [0.2, 0.25) is 0 Å². The summed E-state index contributed by atoms with van der Waals surface area (Å²) in [6.07, 6.45) is 13.3. The van der Waals surface area contributed by atoms with Crippen molar-refractivity contribution in [2.45, 2.75) is 57.5 Å². The molecule has 2 aliphatic rings. The molecule has 2 rings (SSSR count). The zero-order chi connectivity index (χ0) is 13.5. The molecule has 0 N–H and O–H groups in total. The minimum atomic E-state index is 0.499. The van der Waals surface area contributed by atoms with Crippen molar-refractivity contribution in [3.63, 3.8) is 0 Å². The highest BCUT2D eigenvalue weighted by molar-refractivity contribution is 4.82. The summed E-state index contributed by atoms with van der Waals surface area (Å²) in [5, 5.41) is 0. The normalized spacial score (nSPS) is 36.1. The monoisotopic (exact) mass is 266 g/mol. The number of methoxy groups -OCH3 is 1. The maximum absolute atomic E-state index is 5.78. The molecule has 0 aromatic carbocycles. The van der Waals surface area contributed by atoms with Gasteiger partial charge in [-0.05, 0) is 69.1 Å². The van der Waals surface area contributed by atoms with E-state index in [0.29, 0.717) is 6.10 Å². The molecule has 2 fully saturated rings. The van der Waals surface area contributed by atoms with Crippen LogP contribution in [0, 0.1) is 17.8 Å². The topological polar surface area (TPSA) is 18.5 Å². The third kappa shape index (κ3) is 4.61. The van der Waals surface area contributed by atoms with E-state index in [4.69, 9.17) is 9.47 Å². The summed E-state index contributed by atoms with van der Waals surface area (Å²) < 4.78 is 11.1. The fourth-order valence-corrected chi connectivity index (χ4v) is 3.99. The van der Waals surface area contributed by atoms with Crippen LogP contribution in [-0.4, -0.2) is 26.4 Å². The third-order valence-electron chi connectivity index (χ3n) is 5.13. The van der Waals surface area contributed by atoms with Crippen molar-refractivity contribution in [3.05, 3.63) is 12.7 Å². The first kappa shape index (κ1) is 15.1. The van der Waals surface area contributed by atoms with E-state index in [1.165, 1.54) is 51.4 Å². The Balaban J connectivity index is 1.66. The van der Waals surface area contributed by atoms with Crippen molar-refractivity contribution >= 4 is 0 Å². The average molecular weight is 266 g/mol. The Bertz CT molecular complexity index is 248. The molecule has 2 heteroatoms. The lowest BCUT2D eigenvalue weighted by molar-refractivity contribution is 0.0189. The van der Waals surface area contributed by atoms with Gasteiger partial charge in [-0.1, -0.05) is 6.08 Å². The SMILES string of the molecule is C=CCOC1CCC(C2CCC(COC)CC2)CC1. The highest BCUT2D eigenvalue weighted by Crippen LogP contribution is 2.40. The zero-order valence-electron chi connectivity index (χ0n) is 12.5. The minimum Gasteiger partial charge on any atom is -0.384 e. The Morgan fingerprint density at radius 1 is 0.947 bits per heavy atom. The third-order valence-corrected chi connectivity index (χ3v) is 5.13. The summed E-state index contributed by atoms with van der Waals surface area (Å²) in [7, 11) is 1.83. The lowest BCUT2D eigenvalue weighted by Gasteiger charge is -2.37. The average Bonchev–Trinajstić information content (AvgIpc) is 2.47. The summed E-state index contributed by atoms with van der Waals surface area (Å²) in [5.74, 6) is 2.77. The quantitative estimate of drug-likeness (QED) is 0.671. The van der Waals surface area contributed by atoms with E-state index in [1.54, 1.807) is 0 Å². The lowest BCUT2D eigenvalue weighted by Crippen LogP contribution is -2.29. The van der Waals surface area contributed by atoms with Gasteiger partial charge in [-0.25, -0.2) is 0 Å². The van der Waals surface area contributed by atoms with Crippen LogP contribution in [-0.2, 0) is 9.47 Å². The molecule has 0 radical (unpaired) electrons. The smallest absolute Gasteiger partial charge is 0.0648 e. The van der Waals surface area contributed by atoms with E-state index in [9.17, 15) is 0 Å². The van der Waals surface area contributed by atoms with Crippen LogP contribution in [0.4, 0.5) is 0 Å². The van der Waals surface area contributed by atoms with Gasteiger partial charge in [0, 0.05) is 13.7 Å². The second kappa shape index (κ2) is 8.06. The van der Waals surface area contributed by atoms with Crippen molar-refractivity contribution in [1.29, 1.82) is 0 Å². The molecule has 2 aliphatic carbocycles. The van der Waals surface area contributed by atoms with Crippen molar-refractivity contribution in [2.24, 2.45) is 17.8 Å². The summed E-state index contributed by atoms with van der Waals surface area (Å²) >= 11 is 0. The van der Waals surface area contributed by atoms with Crippen molar-refractivity contribution in [1.82, 2.24) is 0 Å². The second-order valence-electron chi connectivity index (χ2n) is 6.39. The fourth-order valence-electron chi connectivity index (χ4n) is 3.99. The highest BCUT2D eigenvalue weighted by atomic mass is 16.5. The number of rotatable bonds is 6. The van der Waals surface area contributed by atoms with Crippen LogP contribution in [0.25, 0.3) is 0 Å². The van der Waals surface area contributed by atoms with Crippen molar-refractivity contribution < 1.29 is 9.47 Å². The molecule has 0 atom stereocenters. The maximum atomic E-state index is 5.78. The fraction of sp³-hybridized carbons (Fsp3) is 0.882. The first-order valence-corrected chi connectivity index (χ1v) is 8.05. The molecule has 19 heavy (non-hydrogen) atoms. The summed E-state index contributed by atoms with van der Waals surface area (Å²) in [6.45, 7) is 5.41. The standard InChI is InChI=1S/C17H30O2/c1-3-12-19-17-10-8-16(9-11-17)15-6-4-14(5-7-15)13-18-2/h3,14-17H,1,4-13H2,2H3. The van der Waals surface area contributed by atoms with E-state index in [1.807, 2.05) is 13.2 Å². The van der Waals surface area contributed by atoms with Crippen LogP contribution >= 0.6 is 0 Å². The Hall–Kier alpha value is -0.340. The number of hydrogen-bond donors (Lipinski definition) is 0. The van der Waals surface area contributed by atoms with E-state index >= 15 is 0 Å². The van der Waals surface area contributed by atoms with Gasteiger partial charge in [0.15, 0.2) is 0 Å². The number of ether oxygens (including phenoxy) is 2. The maximum Gasteiger partial charge on any atom is 0.0648 e. The molecule has 0 spiro atoms. The minimum absolute atomic E-state index is 0.499. The molecular formula is C17H30O2. The predicted molar refractivity (Wildman–Crippen MR) is 79.2 cm³/mol. The van der Waals surface area contributed by atoms with E-state index in [2.05, 4.69) is 6.58 Å². The molecule has 110 valence electrons. The Labute approximate surface area is 118 Å². The summed E-state index contributed by atoms with van der Waals surface area (Å²) in [5.41, 5.74) is 0. The molecule has 0 aliphatic heterocycles.